The molecule has 0 fully saturated rings. The Morgan fingerprint density at radius 1 is 1.53 bits per heavy atom. The summed E-state index contributed by atoms with van der Waals surface area (Å²) in [6.45, 7) is 4.33. The van der Waals surface area contributed by atoms with E-state index in [0.29, 0.717) is 25.2 Å². The largest absolute Gasteiger partial charge is 0.309 e. The van der Waals surface area contributed by atoms with Gasteiger partial charge in [0, 0.05) is 35.8 Å². The van der Waals surface area contributed by atoms with E-state index < -0.39 is 0 Å². The van der Waals surface area contributed by atoms with Crippen molar-refractivity contribution in [3.05, 3.63) is 32.5 Å². The van der Waals surface area contributed by atoms with Gasteiger partial charge in [-0.25, -0.2) is 0 Å². The van der Waals surface area contributed by atoms with Gasteiger partial charge in [-0.05, 0) is 20.3 Å². The maximum absolute atomic E-state index is 11.7. The second kappa shape index (κ2) is 5.83. The van der Waals surface area contributed by atoms with Gasteiger partial charge >= 0.3 is 4.87 Å². The van der Waals surface area contributed by atoms with Gasteiger partial charge in [0.15, 0.2) is 5.82 Å². The lowest BCUT2D eigenvalue weighted by molar-refractivity contribution is -0.116. The number of aryl methyl sites for hydroxylation is 2. The van der Waals surface area contributed by atoms with Gasteiger partial charge in [-0.3, -0.25) is 14.7 Å². The molecule has 19 heavy (non-hydrogen) atoms. The molecule has 2 rings (SSSR count). The maximum atomic E-state index is 11.7. The Hall–Kier alpha value is -1.89. The molecule has 0 bridgehead atoms. The van der Waals surface area contributed by atoms with E-state index in [4.69, 9.17) is 0 Å². The fourth-order valence-electron chi connectivity index (χ4n) is 1.76. The van der Waals surface area contributed by atoms with Crippen LogP contribution in [0.5, 0.6) is 0 Å². The molecular weight excluding hydrogens is 264 g/mol. The molecule has 1 amide bonds. The van der Waals surface area contributed by atoms with E-state index in [0.717, 1.165) is 11.4 Å². The molecule has 0 unspecified atom stereocenters. The Bertz CT molecular complexity index is 626. The van der Waals surface area contributed by atoms with Gasteiger partial charge in [-0.1, -0.05) is 11.3 Å². The molecule has 2 aromatic heterocycles. The SMILES string of the molecule is Cc1cc(NC(=O)CCCn2c(C)csc2=O)n[nH]1. The van der Waals surface area contributed by atoms with Gasteiger partial charge < -0.3 is 9.88 Å². The number of nitrogens with zero attached hydrogens (tertiary/aromatic N) is 2. The molecule has 0 aliphatic heterocycles. The van der Waals surface area contributed by atoms with Crippen LogP contribution in [0.1, 0.15) is 24.2 Å². The fraction of sp³-hybridized carbons (Fsp3) is 0.417. The number of nitrogens with one attached hydrogen (secondary N) is 2. The molecule has 2 heterocycles. The van der Waals surface area contributed by atoms with E-state index in [-0.39, 0.29) is 10.8 Å². The summed E-state index contributed by atoms with van der Waals surface area (Å²) in [4.78, 5) is 23.2. The first-order valence-electron chi connectivity index (χ1n) is 6.03. The van der Waals surface area contributed by atoms with E-state index in [9.17, 15) is 9.59 Å². The average Bonchev–Trinajstić information content (AvgIpc) is 2.89. The Morgan fingerprint density at radius 2 is 2.32 bits per heavy atom. The predicted molar refractivity (Wildman–Crippen MR) is 74.5 cm³/mol. The van der Waals surface area contributed by atoms with Crippen LogP contribution in [0, 0.1) is 13.8 Å². The molecule has 6 nitrogen and oxygen atoms in total. The molecule has 0 aliphatic rings. The smallest absolute Gasteiger partial charge is 0.307 e. The zero-order chi connectivity index (χ0) is 13.8. The molecule has 0 atom stereocenters. The number of aromatic nitrogens is 3. The second-order valence-corrected chi connectivity index (χ2v) is 5.20. The average molecular weight is 280 g/mol. The van der Waals surface area contributed by atoms with E-state index >= 15 is 0 Å². The van der Waals surface area contributed by atoms with Crippen LogP contribution in [-0.4, -0.2) is 20.7 Å². The number of anilines is 1. The van der Waals surface area contributed by atoms with Crippen molar-refractivity contribution in [2.75, 3.05) is 5.32 Å². The molecule has 0 aromatic carbocycles. The first-order valence-corrected chi connectivity index (χ1v) is 6.91. The fourth-order valence-corrected chi connectivity index (χ4v) is 2.52. The monoisotopic (exact) mass is 280 g/mol. The summed E-state index contributed by atoms with van der Waals surface area (Å²) in [5.74, 6) is 0.443. The lowest BCUT2D eigenvalue weighted by Gasteiger charge is -2.04. The Morgan fingerprint density at radius 3 is 2.89 bits per heavy atom. The molecule has 0 aliphatic carbocycles. The minimum Gasteiger partial charge on any atom is -0.309 e. The van der Waals surface area contributed by atoms with Crippen LogP contribution in [0.15, 0.2) is 16.2 Å². The number of aromatic amines is 1. The van der Waals surface area contributed by atoms with E-state index in [1.165, 1.54) is 11.3 Å². The minimum absolute atomic E-state index is 0.0286. The summed E-state index contributed by atoms with van der Waals surface area (Å²) < 4.78 is 1.69. The highest BCUT2D eigenvalue weighted by atomic mass is 32.1. The lowest BCUT2D eigenvalue weighted by atomic mass is 10.3. The van der Waals surface area contributed by atoms with Crippen molar-refractivity contribution in [1.29, 1.82) is 0 Å². The van der Waals surface area contributed by atoms with Gasteiger partial charge in [-0.2, -0.15) is 5.10 Å². The van der Waals surface area contributed by atoms with Crippen molar-refractivity contribution in [1.82, 2.24) is 14.8 Å². The van der Waals surface area contributed by atoms with Crippen molar-refractivity contribution in [2.45, 2.75) is 33.2 Å². The summed E-state index contributed by atoms with van der Waals surface area (Å²) in [5, 5.41) is 11.2. The summed E-state index contributed by atoms with van der Waals surface area (Å²) >= 11 is 1.19. The topological polar surface area (TPSA) is 79.8 Å². The number of carbonyl (C=O) groups is 1. The van der Waals surface area contributed by atoms with Crippen LogP contribution in [-0.2, 0) is 11.3 Å². The van der Waals surface area contributed by atoms with E-state index in [1.807, 2.05) is 19.2 Å². The van der Waals surface area contributed by atoms with Crippen molar-refractivity contribution < 1.29 is 4.79 Å². The third-order valence-electron chi connectivity index (χ3n) is 2.74. The maximum Gasteiger partial charge on any atom is 0.307 e. The quantitative estimate of drug-likeness (QED) is 0.874. The van der Waals surface area contributed by atoms with Gasteiger partial charge in [-0.15, -0.1) is 0 Å². The first kappa shape index (κ1) is 13.5. The van der Waals surface area contributed by atoms with Crippen LogP contribution >= 0.6 is 11.3 Å². The summed E-state index contributed by atoms with van der Waals surface area (Å²) in [6, 6.07) is 1.77. The molecule has 7 heteroatoms. The normalized spacial score (nSPS) is 10.6. The number of carbonyl (C=O) groups excluding carboxylic acids is 1. The van der Waals surface area contributed by atoms with Crippen molar-refractivity contribution in [3.8, 4) is 0 Å². The summed E-state index contributed by atoms with van der Waals surface area (Å²) in [7, 11) is 0. The molecule has 0 radical (unpaired) electrons. The van der Waals surface area contributed by atoms with E-state index in [1.54, 1.807) is 10.6 Å². The molecule has 0 saturated carbocycles. The van der Waals surface area contributed by atoms with Crippen LogP contribution in [0.2, 0.25) is 0 Å². The number of hydrogen-bond acceptors (Lipinski definition) is 4. The highest BCUT2D eigenvalue weighted by molar-refractivity contribution is 7.07. The molecular formula is C12H16N4O2S. The van der Waals surface area contributed by atoms with Crippen molar-refractivity contribution >= 4 is 23.1 Å². The van der Waals surface area contributed by atoms with Gasteiger partial charge in [0.25, 0.3) is 0 Å². The Kier molecular flexibility index (Phi) is 4.16. The summed E-state index contributed by atoms with van der Waals surface area (Å²) in [6.07, 6.45) is 1.00. The highest BCUT2D eigenvalue weighted by Gasteiger charge is 2.06. The standard InChI is InChI=1S/C12H16N4O2S/c1-8-6-10(15-14-8)13-11(17)4-3-5-16-9(2)7-19-12(16)18/h6-7H,3-5H2,1-2H3,(H2,13,14,15,17). The number of thiazole rings is 1. The van der Waals surface area contributed by atoms with Gasteiger partial charge in [0.1, 0.15) is 0 Å². The lowest BCUT2D eigenvalue weighted by Crippen LogP contribution is -2.17. The second-order valence-electron chi connectivity index (χ2n) is 4.38. The van der Waals surface area contributed by atoms with Crippen LogP contribution in [0.3, 0.4) is 0 Å². The number of rotatable bonds is 5. The Balaban J connectivity index is 1.80. The molecule has 2 aromatic rings. The van der Waals surface area contributed by atoms with E-state index in [2.05, 4.69) is 15.5 Å². The van der Waals surface area contributed by atoms with Gasteiger partial charge in [0.2, 0.25) is 5.91 Å². The Labute approximate surface area is 114 Å². The zero-order valence-corrected chi connectivity index (χ0v) is 11.7. The van der Waals surface area contributed by atoms with Gasteiger partial charge in [0.05, 0.1) is 0 Å². The molecule has 2 N–H and O–H groups in total. The number of hydrogen-bond donors (Lipinski definition) is 2. The zero-order valence-electron chi connectivity index (χ0n) is 10.9. The first-order chi connectivity index (χ1) is 9.06. The van der Waals surface area contributed by atoms with Crippen LogP contribution < -0.4 is 10.2 Å². The molecule has 0 saturated heterocycles. The highest BCUT2D eigenvalue weighted by Crippen LogP contribution is 2.06. The molecule has 102 valence electrons. The third-order valence-corrected chi connectivity index (χ3v) is 3.62. The number of amides is 1. The predicted octanol–water partition coefficient (Wildman–Crippen LogP) is 1.67. The van der Waals surface area contributed by atoms with Crippen LogP contribution in [0.25, 0.3) is 0 Å². The third kappa shape index (κ3) is 3.54. The summed E-state index contributed by atoms with van der Waals surface area (Å²) in [5.41, 5.74) is 1.84. The van der Waals surface area contributed by atoms with Crippen molar-refractivity contribution in [2.24, 2.45) is 0 Å². The van der Waals surface area contributed by atoms with Crippen LogP contribution in [0.4, 0.5) is 5.82 Å². The number of H-pyrrole nitrogens is 1. The molecule has 0 spiro atoms. The van der Waals surface area contributed by atoms with Crippen molar-refractivity contribution in [3.63, 3.8) is 0 Å². The minimum atomic E-state index is -0.0903.